The lowest BCUT2D eigenvalue weighted by Crippen LogP contribution is -2.38. The molecular weight excluding hydrogens is 266 g/mol. The second-order valence-electron chi connectivity index (χ2n) is 4.74. The van der Waals surface area contributed by atoms with Crippen LogP contribution in [0, 0.1) is 5.92 Å². The van der Waals surface area contributed by atoms with Gasteiger partial charge in [-0.1, -0.05) is 30.7 Å². The van der Waals surface area contributed by atoms with Gasteiger partial charge in [-0.3, -0.25) is 9.59 Å². The van der Waals surface area contributed by atoms with E-state index in [4.69, 9.17) is 16.7 Å². The first-order valence-electron chi connectivity index (χ1n) is 6.15. The summed E-state index contributed by atoms with van der Waals surface area (Å²) in [4.78, 5) is 22.4. The van der Waals surface area contributed by atoms with Crippen LogP contribution in [-0.4, -0.2) is 23.0 Å². The van der Waals surface area contributed by atoms with Gasteiger partial charge in [0.25, 0.3) is 0 Å². The van der Waals surface area contributed by atoms with Crippen molar-refractivity contribution >= 4 is 23.5 Å². The second kappa shape index (κ2) is 7.14. The van der Waals surface area contributed by atoms with Gasteiger partial charge >= 0.3 is 5.97 Å². The first kappa shape index (κ1) is 15.5. The lowest BCUT2D eigenvalue weighted by Gasteiger charge is -2.16. The molecule has 0 aliphatic heterocycles. The highest BCUT2D eigenvalue weighted by atomic mass is 35.5. The van der Waals surface area contributed by atoms with Crippen LogP contribution in [-0.2, 0) is 16.0 Å². The van der Waals surface area contributed by atoms with Gasteiger partial charge in [-0.15, -0.1) is 0 Å². The summed E-state index contributed by atoms with van der Waals surface area (Å²) < 4.78 is 0. The highest BCUT2D eigenvalue weighted by Gasteiger charge is 2.17. The van der Waals surface area contributed by atoms with E-state index in [1.807, 2.05) is 25.1 Å². The molecule has 0 aliphatic carbocycles. The monoisotopic (exact) mass is 283 g/mol. The molecule has 0 radical (unpaired) electrons. The van der Waals surface area contributed by atoms with Crippen LogP contribution in [0.5, 0.6) is 0 Å². The number of carboxylic acids is 1. The fraction of sp³-hybridized carbons (Fsp3) is 0.429. The molecule has 0 aromatic heterocycles. The molecule has 1 aromatic carbocycles. The third kappa shape index (κ3) is 5.75. The first-order valence-corrected chi connectivity index (χ1v) is 6.53. The molecule has 0 aliphatic rings. The summed E-state index contributed by atoms with van der Waals surface area (Å²) in [5.74, 6) is -1.29. The largest absolute Gasteiger partial charge is 0.481 e. The number of aliphatic carboxylic acids is 1. The average Bonchev–Trinajstić information content (AvgIpc) is 2.27. The van der Waals surface area contributed by atoms with Crippen LogP contribution in [0.25, 0.3) is 0 Å². The maximum Gasteiger partial charge on any atom is 0.305 e. The SMILES string of the molecule is CC(CC(=O)O)NC(=O)C(C)Cc1cccc(Cl)c1. The number of benzene rings is 1. The van der Waals surface area contributed by atoms with Crippen molar-refractivity contribution in [2.45, 2.75) is 32.7 Å². The molecule has 1 amide bonds. The zero-order valence-electron chi connectivity index (χ0n) is 11.0. The predicted molar refractivity (Wildman–Crippen MR) is 74.2 cm³/mol. The summed E-state index contributed by atoms with van der Waals surface area (Å²) in [6, 6.07) is 6.99. The van der Waals surface area contributed by atoms with Gasteiger partial charge in [0.1, 0.15) is 0 Å². The molecule has 0 fully saturated rings. The highest BCUT2D eigenvalue weighted by molar-refractivity contribution is 6.30. The Balaban J connectivity index is 2.51. The summed E-state index contributed by atoms with van der Waals surface area (Å²) in [6.07, 6.45) is 0.502. The summed E-state index contributed by atoms with van der Waals surface area (Å²) in [6.45, 7) is 3.49. The molecule has 2 N–H and O–H groups in total. The van der Waals surface area contributed by atoms with E-state index in [0.29, 0.717) is 11.4 Å². The third-order valence-electron chi connectivity index (χ3n) is 2.75. The minimum absolute atomic E-state index is 0.0738. The number of nitrogens with one attached hydrogen (secondary N) is 1. The van der Waals surface area contributed by atoms with Gasteiger partial charge in [0.05, 0.1) is 6.42 Å². The van der Waals surface area contributed by atoms with Crippen molar-refractivity contribution in [3.05, 3.63) is 34.9 Å². The van der Waals surface area contributed by atoms with Crippen LogP contribution in [0.15, 0.2) is 24.3 Å². The molecular formula is C14H18ClNO3. The van der Waals surface area contributed by atoms with E-state index in [-0.39, 0.29) is 24.3 Å². The second-order valence-corrected chi connectivity index (χ2v) is 5.18. The van der Waals surface area contributed by atoms with Crippen LogP contribution >= 0.6 is 11.6 Å². The number of carbonyl (C=O) groups is 2. The van der Waals surface area contributed by atoms with Crippen molar-refractivity contribution in [2.75, 3.05) is 0 Å². The van der Waals surface area contributed by atoms with Gasteiger partial charge in [0.15, 0.2) is 0 Å². The molecule has 2 atom stereocenters. The number of carbonyl (C=O) groups excluding carboxylic acids is 1. The van der Waals surface area contributed by atoms with Crippen molar-refractivity contribution in [1.29, 1.82) is 0 Å². The van der Waals surface area contributed by atoms with E-state index >= 15 is 0 Å². The molecule has 0 spiro atoms. The number of hydrogen-bond acceptors (Lipinski definition) is 2. The lowest BCUT2D eigenvalue weighted by atomic mass is 10.00. The molecule has 5 heteroatoms. The van der Waals surface area contributed by atoms with Gasteiger partial charge in [-0.25, -0.2) is 0 Å². The van der Waals surface area contributed by atoms with E-state index in [2.05, 4.69) is 5.32 Å². The van der Waals surface area contributed by atoms with Gasteiger partial charge in [-0.05, 0) is 31.0 Å². The Bertz CT molecular complexity index is 462. The van der Waals surface area contributed by atoms with Gasteiger partial charge in [0, 0.05) is 17.0 Å². The van der Waals surface area contributed by atoms with Crippen molar-refractivity contribution in [1.82, 2.24) is 5.32 Å². The number of rotatable bonds is 6. The van der Waals surface area contributed by atoms with Crippen molar-refractivity contribution in [2.24, 2.45) is 5.92 Å². The molecule has 0 saturated heterocycles. The maximum absolute atomic E-state index is 11.9. The summed E-state index contributed by atoms with van der Waals surface area (Å²) >= 11 is 5.88. The smallest absolute Gasteiger partial charge is 0.305 e. The Hall–Kier alpha value is -1.55. The fourth-order valence-electron chi connectivity index (χ4n) is 1.81. The van der Waals surface area contributed by atoms with Crippen LogP contribution in [0.4, 0.5) is 0 Å². The zero-order chi connectivity index (χ0) is 14.4. The Morgan fingerprint density at radius 1 is 1.37 bits per heavy atom. The molecule has 0 saturated carbocycles. The molecule has 19 heavy (non-hydrogen) atoms. The average molecular weight is 284 g/mol. The van der Waals surface area contributed by atoms with Crippen molar-refractivity contribution in [3.8, 4) is 0 Å². The fourth-order valence-corrected chi connectivity index (χ4v) is 2.02. The van der Waals surface area contributed by atoms with Crippen LogP contribution in [0.3, 0.4) is 0 Å². The Morgan fingerprint density at radius 3 is 2.63 bits per heavy atom. The van der Waals surface area contributed by atoms with Gasteiger partial charge < -0.3 is 10.4 Å². The zero-order valence-corrected chi connectivity index (χ0v) is 11.8. The van der Waals surface area contributed by atoms with E-state index in [0.717, 1.165) is 5.56 Å². The Morgan fingerprint density at radius 2 is 2.05 bits per heavy atom. The topological polar surface area (TPSA) is 66.4 Å². The van der Waals surface area contributed by atoms with Gasteiger partial charge in [-0.2, -0.15) is 0 Å². The number of halogens is 1. The first-order chi connectivity index (χ1) is 8.88. The minimum Gasteiger partial charge on any atom is -0.481 e. The van der Waals surface area contributed by atoms with E-state index in [1.54, 1.807) is 13.0 Å². The lowest BCUT2D eigenvalue weighted by molar-refractivity contribution is -0.137. The summed E-state index contributed by atoms with van der Waals surface area (Å²) in [5, 5.41) is 12.0. The van der Waals surface area contributed by atoms with E-state index < -0.39 is 5.97 Å². The number of hydrogen-bond donors (Lipinski definition) is 2. The maximum atomic E-state index is 11.9. The molecule has 104 valence electrons. The Labute approximate surface area is 117 Å². The molecule has 4 nitrogen and oxygen atoms in total. The van der Waals surface area contributed by atoms with Crippen LogP contribution in [0.2, 0.25) is 5.02 Å². The van der Waals surface area contributed by atoms with Crippen LogP contribution in [0.1, 0.15) is 25.8 Å². The normalized spacial score (nSPS) is 13.6. The van der Waals surface area contributed by atoms with E-state index in [1.165, 1.54) is 0 Å². The highest BCUT2D eigenvalue weighted by Crippen LogP contribution is 2.14. The molecule has 2 unspecified atom stereocenters. The number of carboxylic acid groups (broad SMARTS) is 1. The summed E-state index contributed by atoms with van der Waals surface area (Å²) in [7, 11) is 0. The number of amides is 1. The predicted octanol–water partition coefficient (Wildman–Crippen LogP) is 2.50. The Kier molecular flexibility index (Phi) is 5.83. The minimum atomic E-state index is -0.921. The standard InChI is InChI=1S/C14H18ClNO3/c1-9(6-11-4-3-5-12(15)8-11)14(19)16-10(2)7-13(17)18/h3-5,8-10H,6-7H2,1-2H3,(H,16,19)(H,17,18). The van der Waals surface area contributed by atoms with Crippen molar-refractivity contribution < 1.29 is 14.7 Å². The molecule has 1 aromatic rings. The molecule has 1 rings (SSSR count). The van der Waals surface area contributed by atoms with Crippen molar-refractivity contribution in [3.63, 3.8) is 0 Å². The van der Waals surface area contributed by atoms with Crippen LogP contribution < -0.4 is 5.32 Å². The molecule has 0 heterocycles. The molecule has 0 bridgehead atoms. The van der Waals surface area contributed by atoms with E-state index in [9.17, 15) is 9.59 Å². The summed E-state index contributed by atoms with van der Waals surface area (Å²) in [5.41, 5.74) is 0.987. The van der Waals surface area contributed by atoms with Gasteiger partial charge in [0.2, 0.25) is 5.91 Å². The quantitative estimate of drug-likeness (QED) is 0.843. The third-order valence-corrected chi connectivity index (χ3v) is 2.98.